The molecular weight excluding hydrogens is 436 g/mol. The minimum Gasteiger partial charge on any atom is -0.483 e. The van der Waals surface area contributed by atoms with Crippen molar-refractivity contribution in [3.8, 4) is 5.75 Å². The second-order valence-corrected chi connectivity index (χ2v) is 8.37. The molecule has 0 saturated heterocycles. The topological polar surface area (TPSA) is 58.6 Å². The third-order valence-corrected chi connectivity index (χ3v) is 5.92. The summed E-state index contributed by atoms with van der Waals surface area (Å²) in [6, 6.07) is 32.5. The number of amides is 2. The summed E-state index contributed by atoms with van der Waals surface area (Å²) < 4.78 is 6.02. The Labute approximate surface area is 206 Å². The highest BCUT2D eigenvalue weighted by Gasteiger charge is 2.30. The number of benzene rings is 4. The lowest BCUT2D eigenvalue weighted by Crippen LogP contribution is -2.51. The largest absolute Gasteiger partial charge is 0.483 e. The van der Waals surface area contributed by atoms with Crippen LogP contribution in [0.3, 0.4) is 0 Å². The quantitative estimate of drug-likeness (QED) is 0.358. The molecule has 0 aliphatic carbocycles. The maximum Gasteiger partial charge on any atom is 0.261 e. The predicted octanol–water partition coefficient (Wildman–Crippen LogP) is 4.99. The highest BCUT2D eigenvalue weighted by atomic mass is 16.5. The molecule has 0 aliphatic rings. The molecule has 0 saturated carbocycles. The molecule has 1 atom stereocenters. The van der Waals surface area contributed by atoms with Crippen LogP contribution in [0.25, 0.3) is 10.8 Å². The summed E-state index contributed by atoms with van der Waals surface area (Å²) >= 11 is 0. The summed E-state index contributed by atoms with van der Waals surface area (Å²) in [4.78, 5) is 28.4. The van der Waals surface area contributed by atoms with Crippen molar-refractivity contribution >= 4 is 22.6 Å². The van der Waals surface area contributed by atoms with Crippen molar-refractivity contribution in [2.24, 2.45) is 0 Å². The molecule has 0 aromatic heterocycles. The number of likely N-dealkylation sites (N-methyl/N-ethyl adjacent to an activating group) is 1. The van der Waals surface area contributed by atoms with E-state index >= 15 is 0 Å². The predicted molar refractivity (Wildman–Crippen MR) is 139 cm³/mol. The summed E-state index contributed by atoms with van der Waals surface area (Å²) in [5.74, 6) is 0.230. The lowest BCUT2D eigenvalue weighted by atomic mass is 10.0. The van der Waals surface area contributed by atoms with Gasteiger partial charge in [-0.3, -0.25) is 9.59 Å². The van der Waals surface area contributed by atoms with Gasteiger partial charge in [0.05, 0.1) is 0 Å². The maximum absolute atomic E-state index is 13.6. The van der Waals surface area contributed by atoms with E-state index in [1.54, 1.807) is 4.90 Å². The zero-order chi connectivity index (χ0) is 24.5. The maximum atomic E-state index is 13.6. The molecular formula is C30H30N2O3. The molecule has 35 heavy (non-hydrogen) atoms. The van der Waals surface area contributed by atoms with Gasteiger partial charge in [-0.1, -0.05) is 97.1 Å². The van der Waals surface area contributed by atoms with E-state index in [0.717, 1.165) is 21.9 Å². The standard InChI is InChI=1S/C30H30N2O3/c1-2-31-30(34)27(20-23-12-5-3-6-13-23)32(21-24-14-7-4-8-15-24)29(33)22-35-28-19-11-17-25-16-9-10-18-26(25)28/h3-19,27H,2,20-22H2,1H3,(H,31,34)/t27-/m0/s1. The molecule has 0 bridgehead atoms. The first-order valence-electron chi connectivity index (χ1n) is 11.9. The summed E-state index contributed by atoms with van der Waals surface area (Å²) in [6.45, 7) is 2.52. The van der Waals surface area contributed by atoms with Crippen LogP contribution in [0.2, 0.25) is 0 Å². The number of hydrogen-bond donors (Lipinski definition) is 1. The molecule has 4 aromatic carbocycles. The van der Waals surface area contributed by atoms with Gasteiger partial charge in [0.2, 0.25) is 5.91 Å². The summed E-state index contributed by atoms with van der Waals surface area (Å²) in [7, 11) is 0. The fraction of sp³-hybridized carbons (Fsp3) is 0.200. The number of nitrogens with zero attached hydrogens (tertiary/aromatic N) is 1. The van der Waals surface area contributed by atoms with E-state index < -0.39 is 6.04 Å². The Morgan fingerprint density at radius 3 is 2.14 bits per heavy atom. The molecule has 2 amide bonds. The van der Waals surface area contributed by atoms with Crippen LogP contribution in [0.15, 0.2) is 103 Å². The molecule has 4 aromatic rings. The lowest BCUT2D eigenvalue weighted by Gasteiger charge is -2.31. The second kappa shape index (κ2) is 11.8. The molecule has 1 N–H and O–H groups in total. The van der Waals surface area contributed by atoms with Crippen molar-refractivity contribution in [1.82, 2.24) is 10.2 Å². The number of rotatable bonds is 10. The van der Waals surface area contributed by atoms with Gasteiger partial charge in [-0.2, -0.15) is 0 Å². The van der Waals surface area contributed by atoms with E-state index in [9.17, 15) is 9.59 Å². The number of carbonyl (C=O) groups excluding carboxylic acids is 2. The van der Waals surface area contributed by atoms with Crippen molar-refractivity contribution in [3.63, 3.8) is 0 Å². The average Bonchev–Trinajstić information content (AvgIpc) is 2.90. The Morgan fingerprint density at radius 2 is 1.43 bits per heavy atom. The number of hydrogen-bond acceptors (Lipinski definition) is 3. The van der Waals surface area contributed by atoms with Crippen LogP contribution in [0.1, 0.15) is 18.1 Å². The molecule has 0 heterocycles. The van der Waals surface area contributed by atoms with Crippen molar-refractivity contribution in [2.75, 3.05) is 13.2 Å². The molecule has 0 aliphatic heterocycles. The first-order chi connectivity index (χ1) is 17.2. The Morgan fingerprint density at radius 1 is 0.800 bits per heavy atom. The molecule has 0 unspecified atom stereocenters. The van der Waals surface area contributed by atoms with Gasteiger partial charge in [-0.05, 0) is 29.5 Å². The van der Waals surface area contributed by atoms with Crippen LogP contribution in [0, 0.1) is 0 Å². The van der Waals surface area contributed by atoms with Crippen LogP contribution < -0.4 is 10.1 Å². The van der Waals surface area contributed by atoms with Crippen LogP contribution in [-0.4, -0.2) is 35.9 Å². The van der Waals surface area contributed by atoms with Gasteiger partial charge in [0.25, 0.3) is 5.91 Å². The van der Waals surface area contributed by atoms with Crippen molar-refractivity contribution in [1.29, 1.82) is 0 Å². The second-order valence-electron chi connectivity index (χ2n) is 8.37. The number of nitrogens with one attached hydrogen (secondary N) is 1. The Hall–Kier alpha value is -4.12. The monoisotopic (exact) mass is 466 g/mol. The summed E-state index contributed by atoms with van der Waals surface area (Å²) in [5, 5.41) is 4.90. The molecule has 4 rings (SSSR count). The Kier molecular flexibility index (Phi) is 8.12. The van der Waals surface area contributed by atoms with Gasteiger partial charge in [-0.15, -0.1) is 0 Å². The van der Waals surface area contributed by atoms with Crippen LogP contribution in [0.5, 0.6) is 5.75 Å². The van der Waals surface area contributed by atoms with E-state index in [2.05, 4.69) is 5.32 Å². The van der Waals surface area contributed by atoms with E-state index in [-0.39, 0.29) is 18.4 Å². The number of carbonyl (C=O) groups is 2. The van der Waals surface area contributed by atoms with Crippen LogP contribution >= 0.6 is 0 Å². The molecule has 5 heteroatoms. The van der Waals surface area contributed by atoms with E-state index in [0.29, 0.717) is 25.3 Å². The highest BCUT2D eigenvalue weighted by molar-refractivity contribution is 5.90. The Bertz CT molecular complexity index is 1250. The fourth-order valence-electron chi connectivity index (χ4n) is 4.17. The lowest BCUT2D eigenvalue weighted by molar-refractivity contribution is -0.142. The fourth-order valence-corrected chi connectivity index (χ4v) is 4.17. The number of ether oxygens (including phenoxy) is 1. The molecule has 5 nitrogen and oxygen atoms in total. The van der Waals surface area contributed by atoms with Crippen LogP contribution in [0.4, 0.5) is 0 Å². The number of fused-ring (bicyclic) bond motifs is 1. The van der Waals surface area contributed by atoms with E-state index in [1.165, 1.54) is 0 Å². The first-order valence-corrected chi connectivity index (χ1v) is 11.9. The molecule has 0 spiro atoms. The normalized spacial score (nSPS) is 11.6. The zero-order valence-electron chi connectivity index (χ0n) is 19.9. The minimum absolute atomic E-state index is 0.161. The third kappa shape index (κ3) is 6.27. The van der Waals surface area contributed by atoms with Gasteiger partial charge in [0.1, 0.15) is 11.8 Å². The van der Waals surface area contributed by atoms with Gasteiger partial charge < -0.3 is 15.0 Å². The SMILES string of the molecule is CCNC(=O)[C@H](Cc1ccccc1)N(Cc1ccccc1)C(=O)COc1cccc2ccccc12. The smallest absolute Gasteiger partial charge is 0.261 e. The zero-order valence-corrected chi connectivity index (χ0v) is 19.9. The van der Waals surface area contributed by atoms with E-state index in [1.807, 2.05) is 110 Å². The van der Waals surface area contributed by atoms with Crippen molar-refractivity contribution in [3.05, 3.63) is 114 Å². The van der Waals surface area contributed by atoms with Crippen molar-refractivity contribution < 1.29 is 14.3 Å². The average molecular weight is 467 g/mol. The molecule has 0 radical (unpaired) electrons. The van der Waals surface area contributed by atoms with Gasteiger partial charge in [0, 0.05) is 24.9 Å². The van der Waals surface area contributed by atoms with Crippen molar-refractivity contribution in [2.45, 2.75) is 25.9 Å². The Balaban J connectivity index is 1.61. The molecule has 0 fully saturated rings. The first kappa shape index (κ1) is 24.0. The highest BCUT2D eigenvalue weighted by Crippen LogP contribution is 2.25. The third-order valence-electron chi connectivity index (χ3n) is 5.92. The van der Waals surface area contributed by atoms with Gasteiger partial charge >= 0.3 is 0 Å². The van der Waals surface area contributed by atoms with Crippen LogP contribution in [-0.2, 0) is 22.6 Å². The van der Waals surface area contributed by atoms with Gasteiger partial charge in [-0.25, -0.2) is 0 Å². The summed E-state index contributed by atoms with van der Waals surface area (Å²) in [5.41, 5.74) is 1.94. The minimum atomic E-state index is -0.666. The molecule has 178 valence electrons. The van der Waals surface area contributed by atoms with E-state index in [4.69, 9.17) is 4.74 Å². The summed E-state index contributed by atoms with van der Waals surface area (Å²) in [6.07, 6.45) is 0.416. The van der Waals surface area contributed by atoms with Gasteiger partial charge in [0.15, 0.2) is 6.61 Å².